The molecule has 2 aromatic carbocycles. The van der Waals surface area contributed by atoms with Crippen molar-refractivity contribution in [2.45, 2.75) is 43.0 Å². The van der Waals surface area contributed by atoms with Gasteiger partial charge in [0, 0.05) is 17.0 Å². The van der Waals surface area contributed by atoms with E-state index < -0.39 is 10.0 Å². The molecule has 1 heterocycles. The average molecular weight is 440 g/mol. The highest BCUT2D eigenvalue weighted by Gasteiger charge is 2.24. The quantitative estimate of drug-likeness (QED) is 0.602. The molecule has 0 spiro atoms. The van der Waals surface area contributed by atoms with E-state index in [1.807, 2.05) is 24.3 Å². The van der Waals surface area contributed by atoms with E-state index in [1.54, 1.807) is 18.2 Å². The highest BCUT2D eigenvalue weighted by Crippen LogP contribution is 2.27. The van der Waals surface area contributed by atoms with Crippen molar-refractivity contribution in [3.05, 3.63) is 60.2 Å². The normalized spacial score (nSPS) is 14.9. The lowest BCUT2D eigenvalue weighted by Gasteiger charge is -2.23. The lowest BCUT2D eigenvalue weighted by molar-refractivity contribution is 0.0927. The van der Waals surface area contributed by atoms with Crippen LogP contribution in [0.4, 0.5) is 5.82 Å². The number of carbonyl (C=O) groups excluding carboxylic acids is 1. The summed E-state index contributed by atoms with van der Waals surface area (Å²) in [6.07, 6.45) is 5.27. The highest BCUT2D eigenvalue weighted by molar-refractivity contribution is 7.92. The zero-order chi connectivity index (χ0) is 21.8. The zero-order valence-corrected chi connectivity index (χ0v) is 18.1. The summed E-state index contributed by atoms with van der Waals surface area (Å²) in [5.74, 6) is 0.0650. The summed E-state index contributed by atoms with van der Waals surface area (Å²) in [6, 6.07) is 15.4. The molecule has 31 heavy (non-hydrogen) atoms. The van der Waals surface area contributed by atoms with E-state index in [4.69, 9.17) is 4.74 Å². The van der Waals surface area contributed by atoms with Crippen LogP contribution in [0, 0.1) is 0 Å². The van der Waals surface area contributed by atoms with Crippen LogP contribution in [0.25, 0.3) is 10.9 Å². The van der Waals surface area contributed by atoms with Crippen molar-refractivity contribution < 1.29 is 17.9 Å². The number of anilines is 1. The van der Waals surface area contributed by atoms with Gasteiger partial charge in [0.15, 0.2) is 0 Å². The summed E-state index contributed by atoms with van der Waals surface area (Å²) >= 11 is 0. The molecule has 0 atom stereocenters. The van der Waals surface area contributed by atoms with Gasteiger partial charge < -0.3 is 10.1 Å². The first-order valence-electron chi connectivity index (χ1n) is 10.3. The molecule has 1 aliphatic rings. The number of nitrogens with zero attached hydrogens (tertiary/aromatic N) is 1. The summed E-state index contributed by atoms with van der Waals surface area (Å²) in [7, 11) is -2.64. The number of rotatable bonds is 6. The van der Waals surface area contributed by atoms with Crippen molar-refractivity contribution in [1.29, 1.82) is 0 Å². The molecular weight excluding hydrogens is 414 g/mol. The number of hydrogen-bond acceptors (Lipinski definition) is 5. The van der Waals surface area contributed by atoms with Gasteiger partial charge in [0.05, 0.1) is 12.6 Å². The van der Waals surface area contributed by atoms with Crippen molar-refractivity contribution in [1.82, 2.24) is 10.3 Å². The molecule has 4 rings (SSSR count). The Morgan fingerprint density at radius 1 is 1.03 bits per heavy atom. The topological polar surface area (TPSA) is 97.4 Å². The third-order valence-corrected chi connectivity index (χ3v) is 6.87. The molecule has 2 N–H and O–H groups in total. The first-order valence-corrected chi connectivity index (χ1v) is 11.8. The van der Waals surface area contributed by atoms with Crippen LogP contribution in [0.2, 0.25) is 0 Å². The van der Waals surface area contributed by atoms with Gasteiger partial charge in [-0.25, -0.2) is 13.4 Å². The minimum absolute atomic E-state index is 0.110. The van der Waals surface area contributed by atoms with Crippen LogP contribution >= 0.6 is 0 Å². The molecule has 7 nitrogen and oxygen atoms in total. The molecule has 162 valence electrons. The standard InChI is InChI=1S/C23H25N3O4S/c1-30-20-13-11-17(23(27)24-18-8-3-2-4-9-18)15-21(20)31(28,29)26-22-14-12-16-7-5-6-10-19(16)25-22/h5-7,10-15,18H,2-4,8-9H2,1H3,(H,24,27)(H,25,26). The molecule has 1 amide bonds. The van der Waals surface area contributed by atoms with Crippen molar-refractivity contribution in [3.63, 3.8) is 0 Å². The third kappa shape index (κ3) is 4.80. The second kappa shape index (κ2) is 8.93. The predicted octanol–water partition coefficient (Wildman–Crippen LogP) is 4.11. The number of pyridine rings is 1. The third-order valence-electron chi connectivity index (χ3n) is 5.49. The van der Waals surface area contributed by atoms with Crippen molar-refractivity contribution in [3.8, 4) is 5.75 Å². The second-order valence-corrected chi connectivity index (χ2v) is 9.32. The molecule has 1 fully saturated rings. The van der Waals surface area contributed by atoms with Crippen LogP contribution in [0.1, 0.15) is 42.5 Å². The second-order valence-electron chi connectivity index (χ2n) is 7.67. The summed E-state index contributed by atoms with van der Waals surface area (Å²) in [5.41, 5.74) is 0.952. The molecule has 1 aromatic heterocycles. The Morgan fingerprint density at radius 2 is 1.81 bits per heavy atom. The van der Waals surface area contributed by atoms with Gasteiger partial charge in [-0.2, -0.15) is 0 Å². The molecular formula is C23H25N3O4S. The maximum atomic E-state index is 13.1. The van der Waals surface area contributed by atoms with Crippen molar-refractivity contribution in [2.75, 3.05) is 11.8 Å². The van der Waals surface area contributed by atoms with Gasteiger partial charge in [0.2, 0.25) is 0 Å². The number of sulfonamides is 1. The SMILES string of the molecule is COc1ccc(C(=O)NC2CCCCC2)cc1S(=O)(=O)Nc1ccc2ccccc2n1. The maximum absolute atomic E-state index is 13.1. The fourth-order valence-corrected chi connectivity index (χ4v) is 5.06. The first-order chi connectivity index (χ1) is 15.0. The molecule has 8 heteroatoms. The monoisotopic (exact) mass is 439 g/mol. The Hall–Kier alpha value is -3.13. The largest absolute Gasteiger partial charge is 0.495 e. The molecule has 0 unspecified atom stereocenters. The van der Waals surface area contributed by atoms with Crippen molar-refractivity contribution in [2.24, 2.45) is 0 Å². The van der Waals surface area contributed by atoms with Crippen LogP contribution in [0.3, 0.4) is 0 Å². The lowest BCUT2D eigenvalue weighted by Crippen LogP contribution is -2.36. The van der Waals surface area contributed by atoms with E-state index >= 15 is 0 Å². The molecule has 1 saturated carbocycles. The summed E-state index contributed by atoms with van der Waals surface area (Å²) in [4.78, 5) is 17.0. The van der Waals surface area contributed by atoms with E-state index in [1.165, 1.54) is 25.7 Å². The Morgan fingerprint density at radius 3 is 2.58 bits per heavy atom. The van der Waals surface area contributed by atoms with E-state index in [9.17, 15) is 13.2 Å². The minimum Gasteiger partial charge on any atom is -0.495 e. The van der Waals surface area contributed by atoms with E-state index in [0.29, 0.717) is 5.52 Å². The number of amides is 1. The number of aromatic nitrogens is 1. The molecule has 0 bridgehead atoms. The summed E-state index contributed by atoms with van der Waals surface area (Å²) in [5, 5.41) is 3.92. The van der Waals surface area contributed by atoms with Crippen LogP contribution in [-0.4, -0.2) is 32.5 Å². The number of nitrogens with one attached hydrogen (secondary N) is 2. The molecule has 1 aliphatic carbocycles. The van der Waals surface area contributed by atoms with Crippen LogP contribution in [0.5, 0.6) is 5.75 Å². The summed E-state index contributed by atoms with van der Waals surface area (Å²) < 4.78 is 34.0. The fourth-order valence-electron chi connectivity index (χ4n) is 3.86. The number of methoxy groups -OCH3 is 1. The lowest BCUT2D eigenvalue weighted by atomic mass is 9.95. The smallest absolute Gasteiger partial charge is 0.266 e. The fraction of sp³-hybridized carbons (Fsp3) is 0.304. The Balaban J connectivity index is 1.61. The van der Waals surface area contributed by atoms with Gasteiger partial charge in [0.1, 0.15) is 16.5 Å². The Bertz CT molecular complexity index is 1200. The molecule has 0 radical (unpaired) electrons. The van der Waals surface area contributed by atoms with Gasteiger partial charge in [-0.05, 0) is 49.2 Å². The van der Waals surface area contributed by atoms with Gasteiger partial charge in [-0.3, -0.25) is 9.52 Å². The number of hydrogen-bond donors (Lipinski definition) is 2. The minimum atomic E-state index is -4.03. The van der Waals surface area contributed by atoms with E-state index in [0.717, 1.165) is 31.1 Å². The van der Waals surface area contributed by atoms with Gasteiger partial charge in [-0.15, -0.1) is 0 Å². The predicted molar refractivity (Wildman–Crippen MR) is 120 cm³/mol. The number of ether oxygens (including phenoxy) is 1. The highest BCUT2D eigenvalue weighted by atomic mass is 32.2. The van der Waals surface area contributed by atoms with Crippen molar-refractivity contribution >= 4 is 32.7 Å². The number of carbonyl (C=O) groups is 1. The number of benzene rings is 2. The van der Waals surface area contributed by atoms with Crippen LogP contribution in [-0.2, 0) is 10.0 Å². The van der Waals surface area contributed by atoms with Gasteiger partial charge >= 0.3 is 0 Å². The van der Waals surface area contributed by atoms with Gasteiger partial charge in [0.25, 0.3) is 15.9 Å². The maximum Gasteiger partial charge on any atom is 0.266 e. The average Bonchev–Trinajstić information content (AvgIpc) is 2.79. The Kier molecular flexibility index (Phi) is 6.08. The summed E-state index contributed by atoms with van der Waals surface area (Å²) in [6.45, 7) is 0. The molecule has 0 saturated heterocycles. The Labute approximate surface area is 181 Å². The molecule has 3 aromatic rings. The van der Waals surface area contributed by atoms with Crippen LogP contribution < -0.4 is 14.8 Å². The zero-order valence-electron chi connectivity index (χ0n) is 17.3. The van der Waals surface area contributed by atoms with Crippen LogP contribution in [0.15, 0.2) is 59.5 Å². The van der Waals surface area contributed by atoms with Gasteiger partial charge in [-0.1, -0.05) is 37.5 Å². The molecule has 0 aliphatic heterocycles. The first kappa shape index (κ1) is 21.1. The number of para-hydroxylation sites is 1. The number of fused-ring (bicyclic) bond motifs is 1. The van der Waals surface area contributed by atoms with E-state index in [-0.39, 0.29) is 34.0 Å². The van der Waals surface area contributed by atoms with E-state index in [2.05, 4.69) is 15.0 Å².